The molecule has 0 bridgehead atoms. The van der Waals surface area contributed by atoms with Crippen molar-refractivity contribution in [3.05, 3.63) is 48.5 Å². The minimum absolute atomic E-state index is 0.0809. The molecule has 6 heteroatoms. The molecule has 1 aliphatic rings. The number of benzene rings is 2. The number of amides is 2. The van der Waals surface area contributed by atoms with Crippen molar-refractivity contribution in [1.82, 2.24) is 0 Å². The standard InChI is InChI=1S/C20H22N2O4/c1-2-25-15-9-11-16(12-10-15)26-14-19(23)21-17-6-3-4-7-18(17)22-13-5-8-20(22)24/h3-4,6-7,9-12H,2,5,8,13-14H2,1H3,(H,21,23). The lowest BCUT2D eigenvalue weighted by atomic mass is 10.2. The minimum Gasteiger partial charge on any atom is -0.494 e. The van der Waals surface area contributed by atoms with Gasteiger partial charge in [0.25, 0.3) is 5.91 Å². The largest absolute Gasteiger partial charge is 0.494 e. The maximum Gasteiger partial charge on any atom is 0.262 e. The van der Waals surface area contributed by atoms with Crippen LogP contribution >= 0.6 is 0 Å². The number of hydrogen-bond donors (Lipinski definition) is 1. The molecule has 0 radical (unpaired) electrons. The number of carbonyl (C=O) groups excluding carboxylic acids is 2. The van der Waals surface area contributed by atoms with Crippen LogP contribution in [-0.4, -0.2) is 31.6 Å². The highest BCUT2D eigenvalue weighted by molar-refractivity contribution is 6.02. The molecule has 1 saturated heterocycles. The zero-order valence-electron chi connectivity index (χ0n) is 14.7. The van der Waals surface area contributed by atoms with Gasteiger partial charge < -0.3 is 19.7 Å². The molecule has 0 spiro atoms. The average molecular weight is 354 g/mol. The van der Waals surface area contributed by atoms with E-state index in [9.17, 15) is 9.59 Å². The summed E-state index contributed by atoms with van der Waals surface area (Å²) < 4.78 is 10.9. The van der Waals surface area contributed by atoms with Crippen LogP contribution < -0.4 is 19.7 Å². The van der Waals surface area contributed by atoms with Crippen LogP contribution in [0.2, 0.25) is 0 Å². The number of para-hydroxylation sites is 2. The van der Waals surface area contributed by atoms with Crippen molar-refractivity contribution >= 4 is 23.2 Å². The maximum atomic E-state index is 12.2. The van der Waals surface area contributed by atoms with E-state index in [4.69, 9.17) is 9.47 Å². The van der Waals surface area contributed by atoms with Gasteiger partial charge in [0, 0.05) is 13.0 Å². The fraction of sp³-hybridized carbons (Fsp3) is 0.300. The monoisotopic (exact) mass is 354 g/mol. The summed E-state index contributed by atoms with van der Waals surface area (Å²) in [5.41, 5.74) is 1.34. The Balaban J connectivity index is 1.59. The predicted octanol–water partition coefficient (Wildman–Crippen LogP) is 3.23. The molecule has 0 aliphatic carbocycles. The van der Waals surface area contributed by atoms with Gasteiger partial charge in [-0.1, -0.05) is 12.1 Å². The van der Waals surface area contributed by atoms with Gasteiger partial charge in [-0.05, 0) is 49.7 Å². The Bertz CT molecular complexity index is 774. The molecule has 136 valence electrons. The van der Waals surface area contributed by atoms with Gasteiger partial charge in [-0.15, -0.1) is 0 Å². The van der Waals surface area contributed by atoms with Gasteiger partial charge in [-0.2, -0.15) is 0 Å². The fourth-order valence-electron chi connectivity index (χ4n) is 2.85. The molecule has 0 aromatic heterocycles. The molecular weight excluding hydrogens is 332 g/mol. The first-order chi connectivity index (χ1) is 12.7. The Kier molecular flexibility index (Phi) is 5.73. The van der Waals surface area contributed by atoms with E-state index in [1.54, 1.807) is 35.2 Å². The van der Waals surface area contributed by atoms with Crippen molar-refractivity contribution in [3.63, 3.8) is 0 Å². The first kappa shape index (κ1) is 17.8. The second kappa shape index (κ2) is 8.38. The molecule has 1 fully saturated rings. The normalized spacial score (nSPS) is 13.6. The van der Waals surface area contributed by atoms with E-state index < -0.39 is 0 Å². The van der Waals surface area contributed by atoms with Crippen LogP contribution in [0.25, 0.3) is 0 Å². The topological polar surface area (TPSA) is 67.9 Å². The number of ether oxygens (including phenoxy) is 2. The van der Waals surface area contributed by atoms with Crippen molar-refractivity contribution < 1.29 is 19.1 Å². The van der Waals surface area contributed by atoms with Crippen LogP contribution in [0.1, 0.15) is 19.8 Å². The molecular formula is C20H22N2O4. The van der Waals surface area contributed by atoms with Crippen molar-refractivity contribution in [2.24, 2.45) is 0 Å². The predicted molar refractivity (Wildman–Crippen MR) is 99.8 cm³/mol. The number of rotatable bonds is 7. The zero-order chi connectivity index (χ0) is 18.4. The third-order valence-corrected chi connectivity index (χ3v) is 4.05. The van der Waals surface area contributed by atoms with Gasteiger partial charge in [-0.25, -0.2) is 0 Å². The van der Waals surface area contributed by atoms with E-state index in [0.29, 0.717) is 31.0 Å². The smallest absolute Gasteiger partial charge is 0.262 e. The van der Waals surface area contributed by atoms with Crippen molar-refractivity contribution in [2.75, 3.05) is 30.0 Å². The Labute approximate surface area is 152 Å². The molecule has 0 unspecified atom stereocenters. The van der Waals surface area contributed by atoms with Crippen LogP contribution in [0.5, 0.6) is 11.5 Å². The summed E-state index contributed by atoms with van der Waals surface area (Å²) in [6, 6.07) is 14.4. The van der Waals surface area contributed by atoms with Gasteiger partial charge in [-0.3, -0.25) is 9.59 Å². The van der Waals surface area contributed by atoms with Gasteiger partial charge >= 0.3 is 0 Å². The highest BCUT2D eigenvalue weighted by atomic mass is 16.5. The summed E-state index contributed by atoms with van der Waals surface area (Å²) in [6.07, 6.45) is 1.38. The second-order valence-electron chi connectivity index (χ2n) is 5.91. The molecule has 1 heterocycles. The summed E-state index contributed by atoms with van der Waals surface area (Å²) in [4.78, 5) is 25.9. The Morgan fingerprint density at radius 1 is 1.08 bits per heavy atom. The number of nitrogens with one attached hydrogen (secondary N) is 1. The summed E-state index contributed by atoms with van der Waals surface area (Å²) >= 11 is 0. The Hall–Kier alpha value is -3.02. The molecule has 1 aliphatic heterocycles. The van der Waals surface area contributed by atoms with Crippen molar-refractivity contribution in [2.45, 2.75) is 19.8 Å². The Morgan fingerprint density at radius 2 is 1.77 bits per heavy atom. The highest BCUT2D eigenvalue weighted by Crippen LogP contribution is 2.29. The quantitative estimate of drug-likeness (QED) is 0.829. The number of carbonyl (C=O) groups is 2. The minimum atomic E-state index is -0.280. The first-order valence-electron chi connectivity index (χ1n) is 8.72. The third kappa shape index (κ3) is 4.33. The summed E-state index contributed by atoms with van der Waals surface area (Å²) in [5.74, 6) is 1.15. The summed E-state index contributed by atoms with van der Waals surface area (Å²) in [5, 5.41) is 2.83. The maximum absolute atomic E-state index is 12.2. The van der Waals surface area contributed by atoms with Crippen LogP contribution in [0, 0.1) is 0 Å². The molecule has 0 saturated carbocycles. The lowest BCUT2D eigenvalue weighted by Crippen LogP contribution is -2.26. The number of nitrogens with zero attached hydrogens (tertiary/aromatic N) is 1. The second-order valence-corrected chi connectivity index (χ2v) is 5.91. The molecule has 2 aromatic carbocycles. The van der Waals surface area contributed by atoms with Crippen molar-refractivity contribution in [1.29, 1.82) is 0 Å². The molecule has 2 aromatic rings. The van der Waals surface area contributed by atoms with E-state index in [1.807, 2.05) is 25.1 Å². The van der Waals surface area contributed by atoms with Gasteiger partial charge in [0.05, 0.1) is 18.0 Å². The first-order valence-corrected chi connectivity index (χ1v) is 8.72. The fourth-order valence-corrected chi connectivity index (χ4v) is 2.85. The molecule has 2 amide bonds. The molecule has 0 atom stereocenters. The van der Waals surface area contributed by atoms with E-state index in [1.165, 1.54) is 0 Å². The van der Waals surface area contributed by atoms with Gasteiger partial charge in [0.2, 0.25) is 5.91 Å². The lowest BCUT2D eigenvalue weighted by molar-refractivity contribution is -0.118. The summed E-state index contributed by atoms with van der Waals surface area (Å²) in [6.45, 7) is 3.08. The SMILES string of the molecule is CCOc1ccc(OCC(=O)Nc2ccccc2N2CCCC2=O)cc1. The van der Waals surface area contributed by atoms with Crippen molar-refractivity contribution in [3.8, 4) is 11.5 Å². The van der Waals surface area contributed by atoms with Crippen LogP contribution in [0.3, 0.4) is 0 Å². The molecule has 6 nitrogen and oxygen atoms in total. The molecule has 26 heavy (non-hydrogen) atoms. The van der Waals surface area contributed by atoms with Crippen LogP contribution in [-0.2, 0) is 9.59 Å². The zero-order valence-corrected chi connectivity index (χ0v) is 14.7. The lowest BCUT2D eigenvalue weighted by Gasteiger charge is -2.20. The third-order valence-electron chi connectivity index (χ3n) is 4.05. The summed E-state index contributed by atoms with van der Waals surface area (Å²) in [7, 11) is 0. The van der Waals surface area contributed by atoms with E-state index in [2.05, 4.69) is 5.32 Å². The number of hydrogen-bond acceptors (Lipinski definition) is 4. The molecule has 1 N–H and O–H groups in total. The average Bonchev–Trinajstić information content (AvgIpc) is 3.08. The Morgan fingerprint density at radius 3 is 2.42 bits per heavy atom. The molecule has 3 rings (SSSR count). The van der Waals surface area contributed by atoms with E-state index in [-0.39, 0.29) is 18.4 Å². The highest BCUT2D eigenvalue weighted by Gasteiger charge is 2.24. The van der Waals surface area contributed by atoms with Gasteiger partial charge in [0.15, 0.2) is 6.61 Å². The van der Waals surface area contributed by atoms with E-state index >= 15 is 0 Å². The van der Waals surface area contributed by atoms with Gasteiger partial charge in [0.1, 0.15) is 11.5 Å². The van der Waals surface area contributed by atoms with Crippen LogP contribution in [0.4, 0.5) is 11.4 Å². The van der Waals surface area contributed by atoms with Crippen LogP contribution in [0.15, 0.2) is 48.5 Å². The van der Waals surface area contributed by atoms with E-state index in [0.717, 1.165) is 17.9 Å². The number of anilines is 2.